The Balaban J connectivity index is 1.23. The van der Waals surface area contributed by atoms with E-state index in [-0.39, 0.29) is 11.9 Å². The standard InChI is InChI=1S/C21H24N6O2/c28-20(19-12-18-17(25-19)2-1-7-22-18)24-15-4-9-27(13-15)21-23-8-3-16(26-21)14-5-10-29-11-6-14/h1-3,7-8,12,14-15,25H,4-6,9-11,13H2,(H,24,28). The molecule has 150 valence electrons. The summed E-state index contributed by atoms with van der Waals surface area (Å²) in [6.07, 6.45) is 6.45. The third kappa shape index (κ3) is 3.80. The van der Waals surface area contributed by atoms with Crippen molar-refractivity contribution in [2.75, 3.05) is 31.2 Å². The van der Waals surface area contributed by atoms with Gasteiger partial charge in [-0.1, -0.05) is 0 Å². The zero-order valence-electron chi connectivity index (χ0n) is 16.2. The highest BCUT2D eigenvalue weighted by molar-refractivity contribution is 5.97. The number of fused-ring (bicyclic) bond motifs is 1. The van der Waals surface area contributed by atoms with Gasteiger partial charge >= 0.3 is 0 Å². The SMILES string of the molecule is O=C(NC1CCN(c2nccc(C3CCOCC3)n2)C1)c1cc2ncccc2[nH]1. The Labute approximate surface area is 168 Å². The summed E-state index contributed by atoms with van der Waals surface area (Å²) in [6, 6.07) is 7.64. The highest BCUT2D eigenvalue weighted by Crippen LogP contribution is 2.27. The van der Waals surface area contributed by atoms with Crippen LogP contribution in [0.2, 0.25) is 0 Å². The molecule has 0 bridgehead atoms. The minimum absolute atomic E-state index is 0.0669. The highest BCUT2D eigenvalue weighted by atomic mass is 16.5. The number of aromatic amines is 1. The summed E-state index contributed by atoms with van der Waals surface area (Å²) in [6.45, 7) is 3.13. The van der Waals surface area contributed by atoms with Crippen molar-refractivity contribution in [2.45, 2.75) is 31.2 Å². The monoisotopic (exact) mass is 392 g/mol. The number of pyridine rings is 1. The van der Waals surface area contributed by atoms with Crippen LogP contribution in [-0.2, 0) is 4.74 Å². The fourth-order valence-corrected chi connectivity index (χ4v) is 4.14. The fourth-order valence-electron chi connectivity index (χ4n) is 4.14. The summed E-state index contributed by atoms with van der Waals surface area (Å²) in [5.74, 6) is 1.09. The van der Waals surface area contributed by atoms with Crippen LogP contribution in [-0.4, -0.2) is 58.2 Å². The molecule has 3 aromatic heterocycles. The van der Waals surface area contributed by atoms with Crippen molar-refractivity contribution in [3.63, 3.8) is 0 Å². The highest BCUT2D eigenvalue weighted by Gasteiger charge is 2.27. The van der Waals surface area contributed by atoms with Crippen LogP contribution >= 0.6 is 0 Å². The smallest absolute Gasteiger partial charge is 0.268 e. The molecule has 0 radical (unpaired) electrons. The van der Waals surface area contributed by atoms with Crippen molar-refractivity contribution in [3.8, 4) is 0 Å². The molecular weight excluding hydrogens is 368 g/mol. The number of rotatable bonds is 4. The molecule has 8 nitrogen and oxygen atoms in total. The van der Waals surface area contributed by atoms with Crippen LogP contribution in [0.15, 0.2) is 36.7 Å². The molecule has 0 aliphatic carbocycles. The second kappa shape index (κ2) is 7.79. The molecule has 0 saturated carbocycles. The van der Waals surface area contributed by atoms with Gasteiger partial charge in [0.15, 0.2) is 0 Å². The van der Waals surface area contributed by atoms with Crippen molar-refractivity contribution < 1.29 is 9.53 Å². The van der Waals surface area contributed by atoms with Gasteiger partial charge < -0.3 is 19.9 Å². The maximum atomic E-state index is 12.6. The lowest BCUT2D eigenvalue weighted by atomic mass is 9.96. The minimum atomic E-state index is -0.105. The quantitative estimate of drug-likeness (QED) is 0.707. The molecular formula is C21H24N6O2. The van der Waals surface area contributed by atoms with E-state index in [9.17, 15) is 4.79 Å². The maximum absolute atomic E-state index is 12.6. The second-order valence-electron chi connectivity index (χ2n) is 7.69. The van der Waals surface area contributed by atoms with Gasteiger partial charge in [0.1, 0.15) is 5.69 Å². The van der Waals surface area contributed by atoms with Crippen LogP contribution in [0.25, 0.3) is 11.0 Å². The number of ether oxygens (including phenoxy) is 1. The molecule has 5 rings (SSSR count). The number of hydrogen-bond acceptors (Lipinski definition) is 6. The van der Waals surface area contributed by atoms with E-state index >= 15 is 0 Å². The molecule has 2 saturated heterocycles. The number of nitrogens with zero attached hydrogens (tertiary/aromatic N) is 4. The predicted molar refractivity (Wildman–Crippen MR) is 109 cm³/mol. The van der Waals surface area contributed by atoms with Gasteiger partial charge in [-0.3, -0.25) is 9.78 Å². The van der Waals surface area contributed by atoms with Gasteiger partial charge in [0, 0.05) is 56.4 Å². The van der Waals surface area contributed by atoms with Gasteiger partial charge in [0.2, 0.25) is 5.95 Å². The molecule has 2 aliphatic rings. The number of nitrogens with one attached hydrogen (secondary N) is 2. The largest absolute Gasteiger partial charge is 0.381 e. The van der Waals surface area contributed by atoms with Crippen molar-refractivity contribution >= 4 is 22.9 Å². The van der Waals surface area contributed by atoms with E-state index in [2.05, 4.69) is 25.2 Å². The van der Waals surface area contributed by atoms with Crippen molar-refractivity contribution in [1.29, 1.82) is 0 Å². The van der Waals surface area contributed by atoms with Crippen LogP contribution < -0.4 is 10.2 Å². The molecule has 8 heteroatoms. The first-order valence-electron chi connectivity index (χ1n) is 10.2. The number of amides is 1. The average molecular weight is 392 g/mol. The molecule has 2 fully saturated rings. The molecule has 1 atom stereocenters. The zero-order chi connectivity index (χ0) is 19.6. The number of aromatic nitrogens is 4. The van der Waals surface area contributed by atoms with E-state index in [4.69, 9.17) is 9.72 Å². The lowest BCUT2D eigenvalue weighted by molar-refractivity contribution is 0.0845. The zero-order valence-corrected chi connectivity index (χ0v) is 16.2. The first-order valence-corrected chi connectivity index (χ1v) is 10.2. The number of carbonyl (C=O) groups is 1. The Morgan fingerprint density at radius 2 is 2.07 bits per heavy atom. The summed E-state index contributed by atoms with van der Waals surface area (Å²) < 4.78 is 5.46. The lowest BCUT2D eigenvalue weighted by Crippen LogP contribution is -2.37. The van der Waals surface area contributed by atoms with E-state index in [1.807, 2.05) is 24.4 Å². The van der Waals surface area contributed by atoms with Gasteiger partial charge in [-0.2, -0.15) is 0 Å². The van der Waals surface area contributed by atoms with Gasteiger partial charge in [0.25, 0.3) is 5.91 Å². The Kier molecular flexibility index (Phi) is 4.85. The first-order chi connectivity index (χ1) is 14.3. The Morgan fingerprint density at radius 1 is 1.17 bits per heavy atom. The molecule has 29 heavy (non-hydrogen) atoms. The van der Waals surface area contributed by atoms with E-state index in [1.165, 1.54) is 0 Å². The molecule has 3 aromatic rings. The van der Waals surface area contributed by atoms with Gasteiger partial charge in [-0.15, -0.1) is 0 Å². The Morgan fingerprint density at radius 3 is 2.93 bits per heavy atom. The number of anilines is 1. The second-order valence-corrected chi connectivity index (χ2v) is 7.69. The summed E-state index contributed by atoms with van der Waals surface area (Å²) in [5.41, 5.74) is 3.29. The first kappa shape index (κ1) is 18.1. The third-order valence-corrected chi connectivity index (χ3v) is 5.74. The molecule has 2 aliphatic heterocycles. The Bertz CT molecular complexity index is 980. The van der Waals surface area contributed by atoms with Crippen LogP contribution in [0.5, 0.6) is 0 Å². The van der Waals surface area contributed by atoms with Crippen molar-refractivity contribution in [3.05, 3.63) is 48.0 Å². The molecule has 0 aromatic carbocycles. The third-order valence-electron chi connectivity index (χ3n) is 5.74. The van der Waals surface area contributed by atoms with Crippen LogP contribution in [0.3, 0.4) is 0 Å². The van der Waals surface area contributed by atoms with Gasteiger partial charge in [0.05, 0.1) is 11.0 Å². The molecule has 0 spiro atoms. The predicted octanol–water partition coefficient (Wildman–Crippen LogP) is 2.26. The van der Waals surface area contributed by atoms with E-state index in [1.54, 1.807) is 12.3 Å². The summed E-state index contributed by atoms with van der Waals surface area (Å²) in [7, 11) is 0. The number of H-pyrrole nitrogens is 1. The minimum Gasteiger partial charge on any atom is -0.381 e. The van der Waals surface area contributed by atoms with Crippen LogP contribution in [0, 0.1) is 0 Å². The summed E-state index contributed by atoms with van der Waals surface area (Å²) >= 11 is 0. The molecule has 2 N–H and O–H groups in total. The normalized spacial score (nSPS) is 20.3. The van der Waals surface area contributed by atoms with Gasteiger partial charge in [-0.05, 0) is 43.5 Å². The summed E-state index contributed by atoms with van der Waals surface area (Å²) in [5, 5.41) is 3.12. The number of hydrogen-bond donors (Lipinski definition) is 2. The van der Waals surface area contributed by atoms with Crippen molar-refractivity contribution in [1.82, 2.24) is 25.3 Å². The lowest BCUT2D eigenvalue weighted by Gasteiger charge is -2.23. The Hall–Kier alpha value is -3.00. The van der Waals surface area contributed by atoms with Gasteiger partial charge in [-0.25, -0.2) is 9.97 Å². The fraction of sp³-hybridized carbons (Fsp3) is 0.429. The topological polar surface area (TPSA) is 96.0 Å². The van der Waals surface area contributed by atoms with E-state index in [0.717, 1.165) is 61.7 Å². The maximum Gasteiger partial charge on any atom is 0.268 e. The van der Waals surface area contributed by atoms with E-state index in [0.29, 0.717) is 18.2 Å². The van der Waals surface area contributed by atoms with E-state index < -0.39 is 0 Å². The molecule has 1 unspecified atom stereocenters. The number of carbonyl (C=O) groups excluding carboxylic acids is 1. The average Bonchev–Trinajstić information content (AvgIpc) is 3.41. The molecule has 1 amide bonds. The van der Waals surface area contributed by atoms with Crippen LogP contribution in [0.1, 0.15) is 41.4 Å². The summed E-state index contributed by atoms with van der Waals surface area (Å²) in [4.78, 5) is 31.5. The van der Waals surface area contributed by atoms with Crippen molar-refractivity contribution in [2.24, 2.45) is 0 Å². The van der Waals surface area contributed by atoms with Crippen LogP contribution in [0.4, 0.5) is 5.95 Å². The molecule has 5 heterocycles.